The zero-order valence-electron chi connectivity index (χ0n) is 8.16. The van der Waals surface area contributed by atoms with Crippen LogP contribution in [0.5, 0.6) is 0 Å². The summed E-state index contributed by atoms with van der Waals surface area (Å²) in [4.78, 5) is 11.0. The van der Waals surface area contributed by atoms with Crippen LogP contribution >= 0.6 is 11.8 Å². The van der Waals surface area contributed by atoms with E-state index in [4.69, 9.17) is 10.5 Å². The lowest BCUT2D eigenvalue weighted by atomic mass is 10.2. The molecule has 1 rings (SSSR count). The van der Waals surface area contributed by atoms with Crippen LogP contribution in [0.25, 0.3) is 0 Å². The summed E-state index contributed by atoms with van der Waals surface area (Å²) < 4.78 is 5.42. The smallest absolute Gasteiger partial charge is 0.230 e. The number of hydrogen-bond acceptors (Lipinski definition) is 3. The lowest BCUT2D eigenvalue weighted by molar-refractivity contribution is -0.117. The lowest BCUT2D eigenvalue weighted by Crippen LogP contribution is -2.29. The highest BCUT2D eigenvalue weighted by Gasteiger charge is 2.28. The molecular formula is C9H17NO2S. The van der Waals surface area contributed by atoms with Gasteiger partial charge in [-0.05, 0) is 19.8 Å². The van der Waals surface area contributed by atoms with Gasteiger partial charge in [-0.2, -0.15) is 0 Å². The van der Waals surface area contributed by atoms with Crippen molar-refractivity contribution in [1.29, 1.82) is 0 Å². The van der Waals surface area contributed by atoms with Gasteiger partial charge in [-0.15, -0.1) is 11.8 Å². The number of nitrogens with two attached hydrogens (primary N) is 1. The first kappa shape index (κ1) is 10.9. The van der Waals surface area contributed by atoms with Gasteiger partial charge in [0.15, 0.2) is 0 Å². The first-order valence-electron chi connectivity index (χ1n) is 4.71. The number of rotatable bonds is 4. The highest BCUT2D eigenvalue weighted by atomic mass is 32.2. The van der Waals surface area contributed by atoms with Crippen LogP contribution in [0.15, 0.2) is 0 Å². The molecule has 1 saturated heterocycles. The summed E-state index contributed by atoms with van der Waals surface area (Å²) in [5.41, 5.74) is 5.27. The van der Waals surface area contributed by atoms with Crippen molar-refractivity contribution in [2.75, 3.05) is 6.61 Å². The summed E-state index contributed by atoms with van der Waals surface area (Å²) in [5, 5.41) is 0.395. The van der Waals surface area contributed by atoms with Crippen LogP contribution < -0.4 is 5.73 Å². The summed E-state index contributed by atoms with van der Waals surface area (Å²) in [7, 11) is 0. The summed E-state index contributed by atoms with van der Waals surface area (Å²) in [6.45, 7) is 4.86. The molecule has 1 aliphatic heterocycles. The molecule has 13 heavy (non-hydrogen) atoms. The van der Waals surface area contributed by atoms with Crippen LogP contribution in [0, 0.1) is 0 Å². The molecule has 0 spiro atoms. The Morgan fingerprint density at radius 2 is 2.46 bits per heavy atom. The summed E-state index contributed by atoms with van der Waals surface area (Å²) >= 11 is 1.67. The summed E-state index contributed by atoms with van der Waals surface area (Å²) in [6.07, 6.45) is 2.11. The Morgan fingerprint density at radius 3 is 2.85 bits per heavy atom. The molecule has 1 fully saturated rings. The monoisotopic (exact) mass is 203 g/mol. The molecule has 0 radical (unpaired) electrons. The maximum Gasteiger partial charge on any atom is 0.230 e. The van der Waals surface area contributed by atoms with Crippen molar-refractivity contribution in [2.45, 2.75) is 43.3 Å². The fourth-order valence-corrected chi connectivity index (χ4v) is 2.75. The second-order valence-corrected chi connectivity index (χ2v) is 4.79. The van der Waals surface area contributed by atoms with Gasteiger partial charge in [-0.25, -0.2) is 0 Å². The van der Waals surface area contributed by atoms with Gasteiger partial charge in [-0.1, -0.05) is 6.92 Å². The zero-order chi connectivity index (χ0) is 9.84. The SMILES string of the molecule is CCC(SC1CCOC1C)C(N)=O. The van der Waals surface area contributed by atoms with Crippen molar-refractivity contribution < 1.29 is 9.53 Å². The van der Waals surface area contributed by atoms with E-state index in [2.05, 4.69) is 6.92 Å². The van der Waals surface area contributed by atoms with Crippen molar-refractivity contribution in [1.82, 2.24) is 0 Å². The van der Waals surface area contributed by atoms with Crippen LogP contribution in [0.3, 0.4) is 0 Å². The van der Waals surface area contributed by atoms with E-state index in [1.165, 1.54) is 0 Å². The molecule has 4 heteroatoms. The molecule has 76 valence electrons. The highest BCUT2D eigenvalue weighted by molar-refractivity contribution is 8.01. The third-order valence-corrected chi connectivity index (χ3v) is 4.20. The lowest BCUT2D eigenvalue weighted by Gasteiger charge is -2.18. The van der Waals surface area contributed by atoms with E-state index in [-0.39, 0.29) is 17.3 Å². The molecule has 0 aromatic rings. The number of primary amides is 1. The molecular weight excluding hydrogens is 186 g/mol. The predicted molar refractivity (Wildman–Crippen MR) is 54.7 cm³/mol. The number of thioether (sulfide) groups is 1. The Kier molecular flexibility index (Phi) is 4.06. The highest BCUT2D eigenvalue weighted by Crippen LogP contribution is 2.30. The number of carbonyl (C=O) groups excluding carboxylic acids is 1. The average molecular weight is 203 g/mol. The van der Waals surface area contributed by atoms with E-state index in [0.29, 0.717) is 5.25 Å². The molecule has 3 unspecified atom stereocenters. The van der Waals surface area contributed by atoms with Crippen molar-refractivity contribution >= 4 is 17.7 Å². The van der Waals surface area contributed by atoms with E-state index >= 15 is 0 Å². The minimum Gasteiger partial charge on any atom is -0.377 e. The number of carbonyl (C=O) groups is 1. The Labute approximate surface area is 83.4 Å². The van der Waals surface area contributed by atoms with Crippen molar-refractivity contribution in [3.05, 3.63) is 0 Å². The van der Waals surface area contributed by atoms with E-state index in [1.54, 1.807) is 11.8 Å². The van der Waals surface area contributed by atoms with Gasteiger partial charge in [0.2, 0.25) is 5.91 Å². The molecule has 0 bridgehead atoms. The summed E-state index contributed by atoms with van der Waals surface area (Å²) in [6, 6.07) is 0. The molecule has 1 amide bonds. The molecule has 1 heterocycles. The fourth-order valence-electron chi connectivity index (χ4n) is 1.47. The molecule has 3 nitrogen and oxygen atoms in total. The second kappa shape index (κ2) is 4.86. The normalized spacial score (nSPS) is 30.3. The first-order chi connectivity index (χ1) is 6.15. The van der Waals surface area contributed by atoms with Gasteiger partial charge in [0.1, 0.15) is 0 Å². The molecule has 0 aliphatic carbocycles. The maximum absolute atomic E-state index is 11.0. The number of ether oxygens (including phenoxy) is 1. The van der Waals surface area contributed by atoms with Crippen LogP contribution in [-0.4, -0.2) is 29.1 Å². The van der Waals surface area contributed by atoms with Gasteiger partial charge < -0.3 is 10.5 Å². The third kappa shape index (κ3) is 2.88. The second-order valence-electron chi connectivity index (χ2n) is 3.34. The molecule has 1 aliphatic rings. The quantitative estimate of drug-likeness (QED) is 0.746. The standard InChI is InChI=1S/C9H17NO2S/c1-3-7(9(10)11)13-8-4-5-12-6(8)2/h6-8H,3-5H2,1-2H3,(H2,10,11). The predicted octanol–water partition coefficient (Wildman–Crippen LogP) is 1.16. The summed E-state index contributed by atoms with van der Waals surface area (Å²) in [5.74, 6) is -0.202. The van der Waals surface area contributed by atoms with Gasteiger partial charge in [0.05, 0.1) is 11.4 Å². The molecule has 0 saturated carbocycles. The molecule has 0 aromatic heterocycles. The Morgan fingerprint density at radius 1 is 1.77 bits per heavy atom. The first-order valence-corrected chi connectivity index (χ1v) is 5.65. The largest absolute Gasteiger partial charge is 0.377 e. The van der Waals surface area contributed by atoms with E-state index in [0.717, 1.165) is 19.4 Å². The van der Waals surface area contributed by atoms with E-state index < -0.39 is 0 Å². The van der Waals surface area contributed by atoms with Crippen LogP contribution in [0.1, 0.15) is 26.7 Å². The van der Waals surface area contributed by atoms with Crippen LogP contribution in [0.2, 0.25) is 0 Å². The van der Waals surface area contributed by atoms with E-state index in [1.807, 2.05) is 6.92 Å². The fraction of sp³-hybridized carbons (Fsp3) is 0.889. The molecule has 0 aromatic carbocycles. The third-order valence-electron chi connectivity index (χ3n) is 2.33. The van der Waals surface area contributed by atoms with Gasteiger partial charge in [0.25, 0.3) is 0 Å². The van der Waals surface area contributed by atoms with Crippen LogP contribution in [0.4, 0.5) is 0 Å². The van der Waals surface area contributed by atoms with Gasteiger partial charge in [0, 0.05) is 11.9 Å². The van der Waals surface area contributed by atoms with Gasteiger partial charge in [-0.3, -0.25) is 4.79 Å². The Balaban J connectivity index is 2.41. The average Bonchev–Trinajstić information content (AvgIpc) is 2.46. The minimum absolute atomic E-state index is 0.0471. The minimum atomic E-state index is -0.202. The topological polar surface area (TPSA) is 52.3 Å². The number of amides is 1. The van der Waals surface area contributed by atoms with Gasteiger partial charge >= 0.3 is 0 Å². The Bertz CT molecular complexity index is 186. The maximum atomic E-state index is 11.0. The Hall–Kier alpha value is -0.220. The van der Waals surface area contributed by atoms with E-state index in [9.17, 15) is 4.79 Å². The molecule has 3 atom stereocenters. The molecule has 2 N–H and O–H groups in total. The zero-order valence-corrected chi connectivity index (χ0v) is 8.97. The van der Waals surface area contributed by atoms with Crippen molar-refractivity contribution in [3.63, 3.8) is 0 Å². The number of hydrogen-bond donors (Lipinski definition) is 1. The van der Waals surface area contributed by atoms with Crippen LogP contribution in [-0.2, 0) is 9.53 Å². The van der Waals surface area contributed by atoms with Crippen molar-refractivity contribution in [2.24, 2.45) is 5.73 Å². The van der Waals surface area contributed by atoms with Crippen molar-refractivity contribution in [3.8, 4) is 0 Å².